The average molecular weight is 336 g/mol. The van der Waals surface area contributed by atoms with Gasteiger partial charge >= 0.3 is 0 Å². The molecule has 118 valence electrons. The minimum Gasteiger partial charge on any atom is -0.316 e. The van der Waals surface area contributed by atoms with Crippen LogP contribution in [-0.2, 0) is 26.4 Å². The summed E-state index contributed by atoms with van der Waals surface area (Å²) in [6.07, 6.45) is 0. The molecule has 2 rings (SSSR count). The molecule has 0 bridgehead atoms. The lowest BCUT2D eigenvalue weighted by Gasteiger charge is -2.26. The Balaban J connectivity index is 2.28. The fourth-order valence-electron chi connectivity index (χ4n) is 2.14. The number of hydrogen-bond acceptors (Lipinski definition) is 5. The van der Waals surface area contributed by atoms with Gasteiger partial charge in [-0.1, -0.05) is 6.07 Å². The Labute approximate surface area is 123 Å². The van der Waals surface area contributed by atoms with Crippen molar-refractivity contribution in [2.75, 3.05) is 31.6 Å². The van der Waals surface area contributed by atoms with Crippen LogP contribution in [0.2, 0.25) is 0 Å². The Kier molecular flexibility index (Phi) is 4.66. The highest BCUT2D eigenvalue weighted by molar-refractivity contribution is 7.92. The molecule has 0 unspecified atom stereocenters. The summed E-state index contributed by atoms with van der Waals surface area (Å²) in [5.41, 5.74) is 0.634. The molecule has 6 nitrogen and oxygen atoms in total. The molecule has 1 aromatic rings. The van der Waals surface area contributed by atoms with E-state index in [1.165, 1.54) is 18.2 Å². The summed E-state index contributed by atoms with van der Waals surface area (Å²) in [6.45, 7) is 0.157. The molecular formula is C12H17FN2O4S2. The van der Waals surface area contributed by atoms with Crippen LogP contribution in [0.5, 0.6) is 0 Å². The van der Waals surface area contributed by atoms with Crippen LogP contribution >= 0.6 is 0 Å². The van der Waals surface area contributed by atoms with E-state index in [0.29, 0.717) is 12.1 Å². The van der Waals surface area contributed by atoms with E-state index in [9.17, 15) is 21.2 Å². The van der Waals surface area contributed by atoms with E-state index in [0.717, 1.165) is 4.31 Å². The van der Waals surface area contributed by atoms with Crippen molar-refractivity contribution in [1.82, 2.24) is 9.62 Å². The maximum absolute atomic E-state index is 14.0. The van der Waals surface area contributed by atoms with Crippen molar-refractivity contribution in [2.45, 2.75) is 11.4 Å². The maximum atomic E-state index is 14.0. The Morgan fingerprint density at radius 1 is 1.29 bits per heavy atom. The van der Waals surface area contributed by atoms with Crippen molar-refractivity contribution < 1.29 is 21.2 Å². The third-order valence-electron chi connectivity index (χ3n) is 3.30. The van der Waals surface area contributed by atoms with Gasteiger partial charge in [-0.15, -0.1) is 0 Å². The van der Waals surface area contributed by atoms with Crippen LogP contribution in [0.1, 0.15) is 5.56 Å². The zero-order valence-electron chi connectivity index (χ0n) is 11.5. The van der Waals surface area contributed by atoms with Crippen molar-refractivity contribution in [1.29, 1.82) is 0 Å². The molecule has 0 saturated carbocycles. The fraction of sp³-hybridized carbons (Fsp3) is 0.500. The molecule has 1 saturated heterocycles. The lowest BCUT2D eigenvalue weighted by molar-refractivity contribution is 0.426. The zero-order chi connectivity index (χ0) is 15.7. The summed E-state index contributed by atoms with van der Waals surface area (Å²) < 4.78 is 62.5. The molecule has 1 fully saturated rings. The first-order chi connectivity index (χ1) is 9.76. The van der Waals surface area contributed by atoms with Crippen molar-refractivity contribution in [3.05, 3.63) is 29.6 Å². The molecule has 1 N–H and O–H groups in total. The normalized spacial score (nSPS) is 19.5. The van der Waals surface area contributed by atoms with Gasteiger partial charge in [0.05, 0.1) is 11.5 Å². The summed E-state index contributed by atoms with van der Waals surface area (Å²) >= 11 is 0. The van der Waals surface area contributed by atoms with Gasteiger partial charge in [-0.3, -0.25) is 0 Å². The van der Waals surface area contributed by atoms with E-state index in [2.05, 4.69) is 5.32 Å². The van der Waals surface area contributed by atoms with Crippen molar-refractivity contribution in [3.8, 4) is 0 Å². The second-order valence-corrected chi connectivity index (χ2v) is 9.06. The van der Waals surface area contributed by atoms with Gasteiger partial charge in [0.25, 0.3) is 0 Å². The molecule has 0 amide bonds. The quantitative estimate of drug-likeness (QED) is 0.834. The van der Waals surface area contributed by atoms with Crippen LogP contribution < -0.4 is 5.32 Å². The molecule has 0 radical (unpaired) electrons. The van der Waals surface area contributed by atoms with Gasteiger partial charge in [-0.05, 0) is 24.7 Å². The molecule has 0 aliphatic carbocycles. The third-order valence-corrected chi connectivity index (χ3v) is 6.84. The van der Waals surface area contributed by atoms with Gasteiger partial charge in [-0.25, -0.2) is 21.2 Å². The monoisotopic (exact) mass is 336 g/mol. The standard InChI is InChI=1S/C12H17FN2O4S2/c1-14-9-10-2-3-12(11(13)8-10)21(18,19)15-4-6-20(16,17)7-5-15/h2-3,8,14H,4-7,9H2,1H3. The smallest absolute Gasteiger partial charge is 0.246 e. The molecule has 9 heteroatoms. The number of benzene rings is 1. The summed E-state index contributed by atoms with van der Waals surface area (Å²) in [5, 5.41) is 2.85. The van der Waals surface area contributed by atoms with Crippen LogP contribution in [0.15, 0.2) is 23.1 Å². The molecule has 21 heavy (non-hydrogen) atoms. The molecular weight excluding hydrogens is 319 g/mol. The first-order valence-electron chi connectivity index (χ1n) is 6.40. The van der Waals surface area contributed by atoms with E-state index in [1.807, 2.05) is 0 Å². The SMILES string of the molecule is CNCc1ccc(S(=O)(=O)N2CCS(=O)(=O)CC2)c(F)c1. The second kappa shape index (κ2) is 5.99. The number of rotatable bonds is 4. The van der Waals surface area contributed by atoms with Crippen molar-refractivity contribution >= 4 is 19.9 Å². The molecule has 0 spiro atoms. The topological polar surface area (TPSA) is 83.6 Å². The molecule has 0 aromatic heterocycles. The molecule has 0 atom stereocenters. The number of hydrogen-bond donors (Lipinski definition) is 1. The minimum absolute atomic E-state index is 0.137. The number of nitrogens with zero attached hydrogens (tertiary/aromatic N) is 1. The van der Waals surface area contributed by atoms with E-state index in [4.69, 9.17) is 0 Å². The highest BCUT2D eigenvalue weighted by Crippen LogP contribution is 2.22. The summed E-state index contributed by atoms with van der Waals surface area (Å²) in [7, 11) is -5.49. The summed E-state index contributed by atoms with van der Waals surface area (Å²) in [4.78, 5) is -0.415. The van der Waals surface area contributed by atoms with E-state index >= 15 is 0 Å². The lowest BCUT2D eigenvalue weighted by Crippen LogP contribution is -2.43. The van der Waals surface area contributed by atoms with Crippen LogP contribution in [-0.4, -0.2) is 52.8 Å². The Bertz CT molecular complexity index is 718. The van der Waals surface area contributed by atoms with Crippen LogP contribution in [0.4, 0.5) is 4.39 Å². The third kappa shape index (κ3) is 3.60. The molecule has 1 aliphatic rings. The number of sulfone groups is 1. The average Bonchev–Trinajstić information content (AvgIpc) is 2.38. The van der Waals surface area contributed by atoms with Gasteiger partial charge in [0.2, 0.25) is 10.0 Å². The lowest BCUT2D eigenvalue weighted by atomic mass is 10.2. The number of sulfonamides is 1. The van der Waals surface area contributed by atoms with Crippen molar-refractivity contribution in [2.24, 2.45) is 0 Å². The van der Waals surface area contributed by atoms with Gasteiger partial charge in [0, 0.05) is 19.6 Å². The molecule has 1 heterocycles. The van der Waals surface area contributed by atoms with Crippen LogP contribution in [0.25, 0.3) is 0 Å². The first-order valence-corrected chi connectivity index (χ1v) is 9.66. The van der Waals surface area contributed by atoms with E-state index < -0.39 is 30.6 Å². The Hall–Kier alpha value is -1.03. The predicted molar refractivity (Wildman–Crippen MR) is 76.6 cm³/mol. The van der Waals surface area contributed by atoms with Crippen LogP contribution in [0.3, 0.4) is 0 Å². The fourth-order valence-corrected chi connectivity index (χ4v) is 5.06. The Morgan fingerprint density at radius 2 is 1.90 bits per heavy atom. The summed E-state index contributed by atoms with van der Waals surface area (Å²) in [5.74, 6) is -1.28. The van der Waals surface area contributed by atoms with E-state index in [1.54, 1.807) is 7.05 Å². The zero-order valence-corrected chi connectivity index (χ0v) is 13.2. The molecule has 1 aliphatic heterocycles. The minimum atomic E-state index is -4.00. The second-order valence-electron chi connectivity index (χ2n) is 4.85. The van der Waals surface area contributed by atoms with E-state index in [-0.39, 0.29) is 24.6 Å². The highest BCUT2D eigenvalue weighted by atomic mass is 32.2. The number of nitrogens with one attached hydrogen (secondary N) is 1. The Morgan fingerprint density at radius 3 is 2.43 bits per heavy atom. The summed E-state index contributed by atoms with van der Waals surface area (Å²) in [6, 6.07) is 3.93. The first kappa shape index (κ1) is 16.3. The maximum Gasteiger partial charge on any atom is 0.246 e. The molecule has 1 aromatic carbocycles. The van der Waals surface area contributed by atoms with Gasteiger partial charge in [0.15, 0.2) is 9.84 Å². The van der Waals surface area contributed by atoms with Crippen molar-refractivity contribution in [3.63, 3.8) is 0 Å². The largest absolute Gasteiger partial charge is 0.316 e. The number of halogens is 1. The van der Waals surface area contributed by atoms with Gasteiger partial charge in [-0.2, -0.15) is 4.31 Å². The van der Waals surface area contributed by atoms with Crippen LogP contribution in [0, 0.1) is 5.82 Å². The van der Waals surface area contributed by atoms with Gasteiger partial charge in [0.1, 0.15) is 10.7 Å². The highest BCUT2D eigenvalue weighted by Gasteiger charge is 2.32. The van der Waals surface area contributed by atoms with Gasteiger partial charge < -0.3 is 5.32 Å². The predicted octanol–water partition coefficient (Wildman–Crippen LogP) is -0.0358.